The van der Waals surface area contributed by atoms with Crippen LogP contribution in [0.1, 0.15) is 6.92 Å². The van der Waals surface area contributed by atoms with E-state index < -0.39 is 17.9 Å². The molecule has 2 atom stereocenters. The third-order valence-corrected chi connectivity index (χ3v) is 2.46. The Morgan fingerprint density at radius 3 is 1.93 bits per heavy atom. The van der Waals surface area contributed by atoms with Crippen LogP contribution in [-0.4, -0.2) is 46.3 Å². The highest BCUT2D eigenvalue weighted by Gasteiger charge is 2.49. The lowest BCUT2D eigenvalue weighted by molar-refractivity contribution is -0.356. The Balaban J connectivity index is 2.86. The van der Waals surface area contributed by atoms with Crippen molar-refractivity contribution in [1.29, 1.82) is 0 Å². The average molecular weight is 218 g/mol. The molecule has 0 aromatic carbocycles. The summed E-state index contributed by atoms with van der Waals surface area (Å²) in [6, 6.07) is 0. The van der Waals surface area contributed by atoms with Crippen LogP contribution in [-0.2, 0) is 23.7 Å². The van der Waals surface area contributed by atoms with Crippen molar-refractivity contribution in [3.05, 3.63) is 12.2 Å². The molecule has 15 heavy (non-hydrogen) atoms. The van der Waals surface area contributed by atoms with Crippen LogP contribution in [0.15, 0.2) is 12.2 Å². The lowest BCUT2D eigenvalue weighted by Gasteiger charge is -2.35. The second kappa shape index (κ2) is 4.59. The maximum Gasteiger partial charge on any atom is 0.243 e. The monoisotopic (exact) mass is 218 g/mol. The highest BCUT2D eigenvalue weighted by Crippen LogP contribution is 2.35. The molecule has 0 aromatic heterocycles. The molecule has 0 saturated heterocycles. The van der Waals surface area contributed by atoms with E-state index >= 15 is 0 Å². The standard InChI is InChI=1S/C10H18O5/c1-9(13-4)6-7-10(14-5,15-9)8(11-2)12-3/h6-8H,1-5H3/t9-,10+/m1/s1. The van der Waals surface area contributed by atoms with E-state index in [2.05, 4.69) is 0 Å². The Morgan fingerprint density at radius 1 is 1.00 bits per heavy atom. The van der Waals surface area contributed by atoms with Gasteiger partial charge >= 0.3 is 0 Å². The van der Waals surface area contributed by atoms with Gasteiger partial charge in [-0.05, 0) is 19.1 Å². The zero-order valence-electron chi connectivity index (χ0n) is 9.77. The quantitative estimate of drug-likeness (QED) is 0.506. The summed E-state index contributed by atoms with van der Waals surface area (Å²) in [5, 5.41) is 0. The summed E-state index contributed by atoms with van der Waals surface area (Å²) in [6.07, 6.45) is 2.85. The molecule has 0 aliphatic carbocycles. The Hall–Kier alpha value is -0.460. The minimum atomic E-state index is -1.06. The van der Waals surface area contributed by atoms with Gasteiger partial charge in [-0.2, -0.15) is 0 Å². The first kappa shape index (κ1) is 12.6. The molecular formula is C10H18O5. The SMILES string of the molecule is COC(OC)[C@]1(OC)C=C[C@](C)(OC)O1. The molecule has 0 saturated carbocycles. The maximum atomic E-state index is 5.67. The van der Waals surface area contributed by atoms with Gasteiger partial charge in [0, 0.05) is 28.4 Å². The van der Waals surface area contributed by atoms with Crippen molar-refractivity contribution in [1.82, 2.24) is 0 Å². The Bertz CT molecular complexity index is 238. The second-order valence-corrected chi connectivity index (χ2v) is 3.38. The number of hydrogen-bond acceptors (Lipinski definition) is 5. The van der Waals surface area contributed by atoms with E-state index in [0.29, 0.717) is 0 Å². The Morgan fingerprint density at radius 2 is 1.60 bits per heavy atom. The number of ether oxygens (including phenoxy) is 5. The van der Waals surface area contributed by atoms with Crippen LogP contribution in [0.3, 0.4) is 0 Å². The van der Waals surface area contributed by atoms with Crippen LogP contribution in [0.5, 0.6) is 0 Å². The summed E-state index contributed by atoms with van der Waals surface area (Å²) in [4.78, 5) is 0. The first-order valence-electron chi connectivity index (χ1n) is 4.62. The first-order chi connectivity index (χ1) is 7.05. The maximum absolute atomic E-state index is 5.67. The van der Waals surface area contributed by atoms with Crippen LogP contribution in [0.4, 0.5) is 0 Å². The summed E-state index contributed by atoms with van der Waals surface area (Å²) in [5.41, 5.74) is 0. The molecule has 0 N–H and O–H groups in total. The molecule has 5 heteroatoms. The van der Waals surface area contributed by atoms with Crippen LogP contribution in [0.2, 0.25) is 0 Å². The lowest BCUT2D eigenvalue weighted by atomic mass is 10.2. The van der Waals surface area contributed by atoms with Crippen molar-refractivity contribution >= 4 is 0 Å². The molecule has 1 rings (SSSR count). The molecule has 0 fully saturated rings. The van der Waals surface area contributed by atoms with Gasteiger partial charge in [-0.1, -0.05) is 0 Å². The van der Waals surface area contributed by atoms with Crippen molar-refractivity contribution in [3.8, 4) is 0 Å². The zero-order chi connectivity index (χ0) is 11.5. The van der Waals surface area contributed by atoms with E-state index in [4.69, 9.17) is 23.7 Å². The average Bonchev–Trinajstić information content (AvgIpc) is 2.61. The summed E-state index contributed by atoms with van der Waals surface area (Å²) < 4.78 is 26.4. The fourth-order valence-corrected chi connectivity index (χ4v) is 1.52. The lowest BCUT2D eigenvalue weighted by Crippen LogP contribution is -2.48. The molecule has 1 aliphatic heterocycles. The normalized spacial score (nSPS) is 35.3. The van der Waals surface area contributed by atoms with Gasteiger partial charge in [0.05, 0.1) is 0 Å². The molecule has 0 amide bonds. The van der Waals surface area contributed by atoms with Crippen LogP contribution in [0.25, 0.3) is 0 Å². The van der Waals surface area contributed by atoms with Crippen LogP contribution >= 0.6 is 0 Å². The first-order valence-corrected chi connectivity index (χ1v) is 4.62. The number of rotatable bonds is 5. The topological polar surface area (TPSA) is 46.2 Å². The summed E-state index contributed by atoms with van der Waals surface area (Å²) >= 11 is 0. The van der Waals surface area contributed by atoms with Gasteiger partial charge in [-0.15, -0.1) is 0 Å². The smallest absolute Gasteiger partial charge is 0.243 e. The van der Waals surface area contributed by atoms with Gasteiger partial charge in [0.2, 0.25) is 12.1 Å². The Kier molecular flexibility index (Phi) is 3.86. The van der Waals surface area contributed by atoms with E-state index in [1.807, 2.05) is 0 Å². The predicted molar refractivity (Wildman–Crippen MR) is 53.2 cm³/mol. The summed E-state index contributed by atoms with van der Waals surface area (Å²) in [6.45, 7) is 1.78. The zero-order valence-corrected chi connectivity index (χ0v) is 9.77. The minimum Gasteiger partial charge on any atom is -0.351 e. The van der Waals surface area contributed by atoms with Gasteiger partial charge in [0.1, 0.15) is 0 Å². The van der Waals surface area contributed by atoms with Gasteiger partial charge < -0.3 is 23.7 Å². The van der Waals surface area contributed by atoms with E-state index in [1.54, 1.807) is 26.2 Å². The van der Waals surface area contributed by atoms with Crippen LogP contribution in [0, 0.1) is 0 Å². The predicted octanol–water partition coefficient (Wildman–Crippen LogP) is 0.897. The number of methoxy groups -OCH3 is 4. The number of hydrogen-bond donors (Lipinski definition) is 0. The fraction of sp³-hybridized carbons (Fsp3) is 0.800. The molecule has 0 unspecified atom stereocenters. The van der Waals surface area contributed by atoms with Crippen molar-refractivity contribution in [2.45, 2.75) is 24.8 Å². The second-order valence-electron chi connectivity index (χ2n) is 3.38. The molecule has 1 aliphatic rings. The third kappa shape index (κ3) is 2.21. The highest BCUT2D eigenvalue weighted by atomic mass is 16.8. The van der Waals surface area contributed by atoms with Gasteiger partial charge in [-0.3, -0.25) is 0 Å². The molecule has 0 radical (unpaired) electrons. The molecular weight excluding hydrogens is 200 g/mol. The molecule has 5 nitrogen and oxygen atoms in total. The largest absolute Gasteiger partial charge is 0.351 e. The molecule has 1 heterocycles. The van der Waals surface area contributed by atoms with Crippen LogP contribution < -0.4 is 0 Å². The molecule has 0 aromatic rings. The van der Waals surface area contributed by atoms with E-state index in [0.717, 1.165) is 0 Å². The van der Waals surface area contributed by atoms with Gasteiger partial charge in [-0.25, -0.2) is 0 Å². The van der Waals surface area contributed by atoms with E-state index in [9.17, 15) is 0 Å². The minimum absolute atomic E-state index is 0.643. The molecule has 88 valence electrons. The van der Waals surface area contributed by atoms with Gasteiger partial charge in [0.15, 0.2) is 5.79 Å². The molecule has 0 spiro atoms. The van der Waals surface area contributed by atoms with E-state index in [-0.39, 0.29) is 0 Å². The third-order valence-electron chi connectivity index (χ3n) is 2.46. The van der Waals surface area contributed by atoms with Crippen molar-refractivity contribution in [2.24, 2.45) is 0 Å². The van der Waals surface area contributed by atoms with Crippen molar-refractivity contribution in [2.75, 3.05) is 28.4 Å². The summed E-state index contributed by atoms with van der Waals surface area (Å²) in [5.74, 6) is -1.88. The van der Waals surface area contributed by atoms with E-state index in [1.165, 1.54) is 21.3 Å². The Labute approximate surface area is 89.9 Å². The van der Waals surface area contributed by atoms with Gasteiger partial charge in [0.25, 0.3) is 0 Å². The summed E-state index contributed by atoms with van der Waals surface area (Å²) in [7, 11) is 6.13. The molecule has 0 bridgehead atoms. The van der Waals surface area contributed by atoms with Crippen molar-refractivity contribution in [3.63, 3.8) is 0 Å². The highest BCUT2D eigenvalue weighted by molar-refractivity contribution is 5.11. The van der Waals surface area contributed by atoms with Crippen molar-refractivity contribution < 1.29 is 23.7 Å². The fourth-order valence-electron chi connectivity index (χ4n) is 1.52.